The monoisotopic (exact) mass is 413 g/mol. The summed E-state index contributed by atoms with van der Waals surface area (Å²) < 4.78 is 0. The van der Waals surface area contributed by atoms with E-state index in [2.05, 4.69) is 20.9 Å². The van der Waals surface area contributed by atoms with Crippen LogP contribution in [0.25, 0.3) is 0 Å². The second kappa shape index (κ2) is 11.0. The van der Waals surface area contributed by atoms with Gasteiger partial charge in [0.25, 0.3) is 0 Å². The van der Waals surface area contributed by atoms with E-state index < -0.39 is 0 Å². The molecule has 3 N–H and O–H groups in total. The van der Waals surface area contributed by atoms with E-state index >= 15 is 0 Å². The van der Waals surface area contributed by atoms with Gasteiger partial charge in [-0.2, -0.15) is 0 Å². The number of aliphatic imine (C=N–C) groups is 1. The Morgan fingerprint density at radius 3 is 2.50 bits per heavy atom. The smallest absolute Gasteiger partial charge is 0.225 e. The minimum absolute atomic E-state index is 0.0646. The Kier molecular flexibility index (Phi) is 8.11. The maximum atomic E-state index is 12.7. The zero-order valence-corrected chi connectivity index (χ0v) is 18.2. The first kappa shape index (κ1) is 22.1. The average molecular weight is 414 g/mol. The molecule has 0 radical (unpaired) electrons. The van der Waals surface area contributed by atoms with Gasteiger partial charge in [0.15, 0.2) is 5.96 Å². The molecule has 2 amide bonds. The van der Waals surface area contributed by atoms with Crippen LogP contribution in [0.5, 0.6) is 0 Å². The van der Waals surface area contributed by atoms with E-state index in [9.17, 15) is 9.59 Å². The van der Waals surface area contributed by atoms with E-state index in [-0.39, 0.29) is 17.9 Å². The van der Waals surface area contributed by atoms with Crippen LogP contribution < -0.4 is 16.0 Å². The van der Waals surface area contributed by atoms with Gasteiger partial charge in [-0.25, -0.2) is 0 Å². The van der Waals surface area contributed by atoms with Crippen molar-refractivity contribution in [1.82, 2.24) is 15.5 Å². The first-order valence-corrected chi connectivity index (χ1v) is 11.2. The summed E-state index contributed by atoms with van der Waals surface area (Å²) in [5, 5.41) is 9.61. The normalized spacial score (nSPS) is 20.1. The minimum atomic E-state index is -0.0646. The van der Waals surface area contributed by atoms with Gasteiger partial charge in [-0.1, -0.05) is 31.4 Å². The highest BCUT2D eigenvalue weighted by molar-refractivity contribution is 5.88. The van der Waals surface area contributed by atoms with E-state index in [1.54, 1.807) is 7.05 Å². The fraction of sp³-hybridized carbons (Fsp3) is 0.609. The summed E-state index contributed by atoms with van der Waals surface area (Å²) in [7, 11) is 1.78. The van der Waals surface area contributed by atoms with E-state index in [0.717, 1.165) is 57.0 Å². The molecule has 1 heterocycles. The first-order chi connectivity index (χ1) is 14.5. The van der Waals surface area contributed by atoms with Gasteiger partial charge >= 0.3 is 0 Å². The van der Waals surface area contributed by atoms with E-state index in [0.29, 0.717) is 5.91 Å². The molecule has 2 fully saturated rings. The first-order valence-electron chi connectivity index (χ1n) is 11.2. The Labute approximate surface area is 179 Å². The zero-order valence-electron chi connectivity index (χ0n) is 18.2. The number of carbonyl (C=O) groups is 2. The topological polar surface area (TPSA) is 85.8 Å². The fourth-order valence-electron chi connectivity index (χ4n) is 4.36. The van der Waals surface area contributed by atoms with Gasteiger partial charge < -0.3 is 20.9 Å². The molecule has 1 aromatic rings. The van der Waals surface area contributed by atoms with E-state index in [1.807, 2.05) is 29.2 Å². The lowest BCUT2D eigenvalue weighted by Gasteiger charge is -2.26. The molecule has 7 nitrogen and oxygen atoms in total. The number of anilines is 1. The number of benzene rings is 1. The number of amides is 2. The number of likely N-dealkylation sites (tertiary alicyclic amines) is 1. The summed E-state index contributed by atoms with van der Waals surface area (Å²) in [5.74, 6) is 1.31. The van der Waals surface area contributed by atoms with Crippen LogP contribution in [-0.2, 0) is 16.0 Å². The molecule has 30 heavy (non-hydrogen) atoms. The second-order valence-corrected chi connectivity index (χ2v) is 8.38. The third-order valence-corrected chi connectivity index (χ3v) is 6.00. The second-order valence-electron chi connectivity index (χ2n) is 8.38. The Bertz CT molecular complexity index is 740. The Morgan fingerprint density at radius 2 is 1.83 bits per heavy atom. The van der Waals surface area contributed by atoms with Crippen molar-refractivity contribution in [3.8, 4) is 0 Å². The number of carbonyl (C=O) groups excluding carboxylic acids is 2. The van der Waals surface area contributed by atoms with Crippen LogP contribution in [0.15, 0.2) is 29.3 Å². The Morgan fingerprint density at radius 1 is 1.10 bits per heavy atom. The summed E-state index contributed by atoms with van der Waals surface area (Å²) in [6.45, 7) is 3.87. The Balaban J connectivity index is 1.39. The van der Waals surface area contributed by atoms with Crippen molar-refractivity contribution in [1.29, 1.82) is 0 Å². The lowest BCUT2D eigenvalue weighted by Crippen LogP contribution is -2.46. The highest BCUT2D eigenvalue weighted by Gasteiger charge is 2.31. The molecule has 1 aromatic carbocycles. The molecule has 0 bridgehead atoms. The van der Waals surface area contributed by atoms with E-state index in [4.69, 9.17) is 0 Å². The standard InChI is InChI=1S/C23H35N5O2/c1-17(29)26-20-10-8-18(9-11-20)12-14-25-23(24-2)27-21-13-15-28(16-21)22(30)19-6-4-3-5-7-19/h8-11,19,21H,3-7,12-16H2,1-2H3,(H,26,29)(H2,24,25,27). The lowest BCUT2D eigenvalue weighted by atomic mass is 9.88. The van der Waals surface area contributed by atoms with Crippen LogP contribution in [0.1, 0.15) is 51.0 Å². The maximum Gasteiger partial charge on any atom is 0.225 e. The minimum Gasteiger partial charge on any atom is -0.356 e. The molecule has 164 valence electrons. The molecule has 3 rings (SSSR count). The fourth-order valence-corrected chi connectivity index (χ4v) is 4.36. The van der Waals surface area contributed by atoms with Crippen molar-refractivity contribution in [2.75, 3.05) is 32.0 Å². The van der Waals surface area contributed by atoms with Crippen LogP contribution >= 0.6 is 0 Å². The predicted molar refractivity (Wildman–Crippen MR) is 121 cm³/mol. The molecule has 0 spiro atoms. The van der Waals surface area contributed by atoms with Crippen molar-refractivity contribution in [2.45, 2.75) is 57.9 Å². The molecule has 1 unspecified atom stereocenters. The maximum absolute atomic E-state index is 12.7. The quantitative estimate of drug-likeness (QED) is 0.494. The summed E-state index contributed by atoms with van der Waals surface area (Å²) >= 11 is 0. The third kappa shape index (κ3) is 6.47. The molecule has 1 saturated heterocycles. The number of hydrogen-bond donors (Lipinski definition) is 3. The number of guanidine groups is 1. The summed E-state index contributed by atoms with van der Waals surface area (Å²) in [6.07, 6.45) is 7.60. The highest BCUT2D eigenvalue weighted by atomic mass is 16.2. The highest BCUT2D eigenvalue weighted by Crippen LogP contribution is 2.26. The lowest BCUT2D eigenvalue weighted by molar-refractivity contribution is -0.135. The van der Waals surface area contributed by atoms with Crippen molar-refractivity contribution >= 4 is 23.5 Å². The molecule has 1 aliphatic carbocycles. The van der Waals surface area contributed by atoms with Crippen molar-refractivity contribution in [3.63, 3.8) is 0 Å². The molecule has 2 aliphatic rings. The van der Waals surface area contributed by atoms with Gasteiger partial charge in [-0.05, 0) is 43.4 Å². The predicted octanol–water partition coefficient (Wildman–Crippen LogP) is 2.53. The van der Waals surface area contributed by atoms with Crippen molar-refractivity contribution < 1.29 is 9.59 Å². The SMILES string of the molecule is CN=C(NCCc1ccc(NC(C)=O)cc1)NC1CCN(C(=O)C2CCCCC2)C1. The van der Waals surface area contributed by atoms with E-state index in [1.165, 1.54) is 31.7 Å². The van der Waals surface area contributed by atoms with Crippen molar-refractivity contribution in [3.05, 3.63) is 29.8 Å². The third-order valence-electron chi connectivity index (χ3n) is 6.00. The number of nitrogens with one attached hydrogen (secondary N) is 3. The molecular weight excluding hydrogens is 378 g/mol. The van der Waals surface area contributed by atoms with Crippen LogP contribution in [0.2, 0.25) is 0 Å². The van der Waals surface area contributed by atoms with Gasteiger partial charge in [0.2, 0.25) is 11.8 Å². The molecule has 1 aliphatic heterocycles. The average Bonchev–Trinajstić information content (AvgIpc) is 3.22. The van der Waals surface area contributed by atoms with Gasteiger partial charge in [0.1, 0.15) is 0 Å². The Hall–Kier alpha value is -2.57. The van der Waals surface area contributed by atoms with Gasteiger partial charge in [-0.3, -0.25) is 14.6 Å². The zero-order chi connectivity index (χ0) is 21.3. The number of rotatable bonds is 6. The van der Waals surface area contributed by atoms with Gasteiger partial charge in [0, 0.05) is 51.3 Å². The van der Waals surface area contributed by atoms with Crippen molar-refractivity contribution in [2.24, 2.45) is 10.9 Å². The molecule has 0 aromatic heterocycles. The molecule has 1 saturated carbocycles. The summed E-state index contributed by atoms with van der Waals surface area (Å²) in [6, 6.07) is 8.13. The van der Waals surface area contributed by atoms with Crippen LogP contribution in [0, 0.1) is 5.92 Å². The van der Waals surface area contributed by atoms with Crippen LogP contribution in [0.3, 0.4) is 0 Å². The van der Waals surface area contributed by atoms with Crippen LogP contribution in [-0.4, -0.2) is 55.4 Å². The summed E-state index contributed by atoms with van der Waals surface area (Å²) in [4.78, 5) is 30.2. The van der Waals surface area contributed by atoms with Crippen LogP contribution in [0.4, 0.5) is 5.69 Å². The molecular formula is C23H35N5O2. The number of hydrogen-bond acceptors (Lipinski definition) is 3. The summed E-state index contributed by atoms with van der Waals surface area (Å²) in [5.41, 5.74) is 2.00. The van der Waals surface area contributed by atoms with Gasteiger partial charge in [0.05, 0.1) is 0 Å². The molecule has 1 atom stereocenters. The van der Waals surface area contributed by atoms with Gasteiger partial charge in [-0.15, -0.1) is 0 Å². The largest absolute Gasteiger partial charge is 0.356 e. The number of nitrogens with zero attached hydrogens (tertiary/aromatic N) is 2. The molecule has 7 heteroatoms.